The fourth-order valence-corrected chi connectivity index (χ4v) is 3.78. The molecule has 2 N–H and O–H groups in total. The molecule has 2 atom stereocenters. The Kier molecular flexibility index (Phi) is 6.02. The number of anilines is 1. The number of rotatable bonds is 2. The minimum atomic E-state index is -0.589. The lowest BCUT2D eigenvalue weighted by atomic mass is 9.79. The summed E-state index contributed by atoms with van der Waals surface area (Å²) in [5.41, 5.74) is 6.77. The number of carbonyl (C=O) groups excluding carboxylic acids is 2. The maximum absolute atomic E-state index is 12.9. The monoisotopic (exact) mass is 385 g/mol. The lowest BCUT2D eigenvalue weighted by molar-refractivity contribution is -0.142. The second-order valence-electron chi connectivity index (χ2n) is 7.45. The Balaban J connectivity index is 0.00000225. The lowest BCUT2D eigenvalue weighted by Crippen LogP contribution is -2.55. The van der Waals surface area contributed by atoms with E-state index in [4.69, 9.17) is 17.3 Å². The van der Waals surface area contributed by atoms with Crippen molar-refractivity contribution in [3.05, 3.63) is 29.3 Å². The molecule has 7 heteroatoms. The Bertz CT molecular complexity index is 665. The Morgan fingerprint density at radius 2 is 2.00 bits per heavy atom. The first kappa shape index (κ1) is 20.0. The molecule has 0 spiro atoms. The average Bonchev–Trinajstić information content (AvgIpc) is 2.91. The van der Waals surface area contributed by atoms with Gasteiger partial charge in [-0.25, -0.2) is 0 Å². The van der Waals surface area contributed by atoms with Crippen LogP contribution in [0.15, 0.2) is 24.3 Å². The predicted octanol–water partition coefficient (Wildman–Crippen LogP) is 2.70. The van der Waals surface area contributed by atoms with Crippen molar-refractivity contribution in [1.82, 2.24) is 4.90 Å². The zero-order valence-electron chi connectivity index (χ0n) is 14.6. The van der Waals surface area contributed by atoms with Crippen LogP contribution in [0.1, 0.15) is 26.7 Å². The summed E-state index contributed by atoms with van der Waals surface area (Å²) in [4.78, 5) is 29.1. The van der Waals surface area contributed by atoms with E-state index in [0.717, 1.165) is 12.1 Å². The van der Waals surface area contributed by atoms with Crippen LogP contribution in [-0.4, -0.2) is 42.4 Å². The molecule has 2 unspecified atom stereocenters. The number of amides is 2. The minimum absolute atomic E-state index is 0. The van der Waals surface area contributed by atoms with E-state index in [2.05, 4.69) is 13.8 Å². The van der Waals surface area contributed by atoms with Crippen LogP contribution >= 0.6 is 24.0 Å². The predicted molar refractivity (Wildman–Crippen MR) is 102 cm³/mol. The molecule has 25 heavy (non-hydrogen) atoms. The fourth-order valence-electron chi connectivity index (χ4n) is 3.59. The van der Waals surface area contributed by atoms with Crippen molar-refractivity contribution < 1.29 is 9.59 Å². The summed E-state index contributed by atoms with van der Waals surface area (Å²) in [5.74, 6) is -0.784. The maximum atomic E-state index is 12.9. The molecule has 138 valence electrons. The number of hydrogen-bond donors (Lipinski definition) is 1. The van der Waals surface area contributed by atoms with Crippen LogP contribution < -0.4 is 10.6 Å². The van der Waals surface area contributed by atoms with Crippen LogP contribution in [0.3, 0.4) is 0 Å². The van der Waals surface area contributed by atoms with E-state index in [9.17, 15) is 9.59 Å². The molecule has 0 bridgehead atoms. The first-order chi connectivity index (χ1) is 11.3. The van der Waals surface area contributed by atoms with Gasteiger partial charge in [0.2, 0.25) is 11.8 Å². The first-order valence-electron chi connectivity index (χ1n) is 8.41. The number of benzene rings is 1. The molecule has 2 fully saturated rings. The third-order valence-electron chi connectivity index (χ3n) is 5.25. The molecule has 5 nitrogen and oxygen atoms in total. The van der Waals surface area contributed by atoms with E-state index in [0.29, 0.717) is 31.1 Å². The van der Waals surface area contributed by atoms with Gasteiger partial charge in [-0.15, -0.1) is 12.4 Å². The topological polar surface area (TPSA) is 66.6 Å². The average molecular weight is 386 g/mol. The molecule has 0 radical (unpaired) electrons. The Hall–Kier alpha value is -1.30. The second kappa shape index (κ2) is 7.52. The summed E-state index contributed by atoms with van der Waals surface area (Å²) in [6, 6.07) is 7.28. The summed E-state index contributed by atoms with van der Waals surface area (Å²) in [6.45, 7) is 5.93. The van der Waals surface area contributed by atoms with Crippen LogP contribution in [0.5, 0.6) is 0 Å². The highest BCUT2D eigenvalue weighted by molar-refractivity contribution is 6.31. The highest BCUT2D eigenvalue weighted by Gasteiger charge is 2.43. The van der Waals surface area contributed by atoms with Gasteiger partial charge in [-0.1, -0.05) is 31.5 Å². The summed E-state index contributed by atoms with van der Waals surface area (Å²) in [7, 11) is 0. The van der Waals surface area contributed by atoms with Crippen LogP contribution in [0, 0.1) is 11.3 Å². The SMILES string of the molecule is CC1(C)CN(C(=O)C2CCN(c3cccc(Cl)c3)C2=O)CCC1N.Cl. The Labute approximate surface area is 159 Å². The van der Waals surface area contributed by atoms with Crippen molar-refractivity contribution in [2.45, 2.75) is 32.7 Å². The zero-order chi connectivity index (χ0) is 17.5. The maximum Gasteiger partial charge on any atom is 0.239 e. The van der Waals surface area contributed by atoms with E-state index >= 15 is 0 Å². The van der Waals surface area contributed by atoms with Gasteiger partial charge in [0.1, 0.15) is 5.92 Å². The number of hydrogen-bond acceptors (Lipinski definition) is 3. The van der Waals surface area contributed by atoms with Gasteiger partial charge in [0.15, 0.2) is 0 Å². The number of carbonyl (C=O) groups is 2. The quantitative estimate of drug-likeness (QED) is 0.795. The molecule has 0 aliphatic carbocycles. The van der Waals surface area contributed by atoms with E-state index in [1.165, 1.54) is 0 Å². The van der Waals surface area contributed by atoms with Gasteiger partial charge >= 0.3 is 0 Å². The van der Waals surface area contributed by atoms with Crippen molar-refractivity contribution in [2.24, 2.45) is 17.1 Å². The normalized spacial score (nSPS) is 25.7. The number of nitrogens with two attached hydrogens (primary N) is 1. The minimum Gasteiger partial charge on any atom is -0.341 e. The van der Waals surface area contributed by atoms with Gasteiger partial charge < -0.3 is 15.5 Å². The molecule has 2 amide bonds. The molecular formula is C18H25Cl2N3O2. The number of nitrogens with zero attached hydrogens (tertiary/aromatic N) is 2. The van der Waals surface area contributed by atoms with Crippen LogP contribution in [0.4, 0.5) is 5.69 Å². The van der Waals surface area contributed by atoms with Gasteiger partial charge in [0.05, 0.1) is 0 Å². The van der Waals surface area contributed by atoms with Crippen molar-refractivity contribution in [1.29, 1.82) is 0 Å². The Morgan fingerprint density at radius 3 is 2.64 bits per heavy atom. The van der Waals surface area contributed by atoms with E-state index in [-0.39, 0.29) is 35.7 Å². The molecule has 2 heterocycles. The second-order valence-corrected chi connectivity index (χ2v) is 7.89. The largest absolute Gasteiger partial charge is 0.341 e. The summed E-state index contributed by atoms with van der Waals surface area (Å²) in [6.07, 6.45) is 1.32. The fraction of sp³-hybridized carbons (Fsp3) is 0.556. The lowest BCUT2D eigenvalue weighted by Gasteiger charge is -2.43. The summed E-state index contributed by atoms with van der Waals surface area (Å²) < 4.78 is 0. The standard InChI is InChI=1S/C18H24ClN3O2.ClH/c1-18(2)11-21(8-7-15(18)20)16(23)14-6-9-22(17(14)24)13-5-3-4-12(19)10-13;/h3-5,10,14-15H,6-9,11,20H2,1-2H3;1H. The number of halogens is 2. The molecule has 3 rings (SSSR count). The molecule has 2 aliphatic rings. The van der Waals surface area contributed by atoms with Crippen LogP contribution in [-0.2, 0) is 9.59 Å². The van der Waals surface area contributed by atoms with Gasteiger partial charge in [-0.3, -0.25) is 9.59 Å². The van der Waals surface area contributed by atoms with Gasteiger partial charge in [-0.05, 0) is 36.5 Å². The molecule has 1 aromatic rings. The van der Waals surface area contributed by atoms with Gasteiger partial charge in [0, 0.05) is 36.4 Å². The van der Waals surface area contributed by atoms with Crippen molar-refractivity contribution in [3.8, 4) is 0 Å². The molecule has 1 aromatic carbocycles. The molecule has 2 saturated heterocycles. The summed E-state index contributed by atoms with van der Waals surface area (Å²) in [5, 5.41) is 0.585. The van der Waals surface area contributed by atoms with E-state index in [1.807, 2.05) is 17.0 Å². The van der Waals surface area contributed by atoms with Crippen molar-refractivity contribution in [2.75, 3.05) is 24.5 Å². The summed E-state index contributed by atoms with van der Waals surface area (Å²) >= 11 is 6.01. The molecular weight excluding hydrogens is 361 g/mol. The van der Waals surface area contributed by atoms with Crippen LogP contribution in [0.2, 0.25) is 5.02 Å². The number of piperidine rings is 1. The third kappa shape index (κ3) is 3.94. The van der Waals surface area contributed by atoms with Crippen LogP contribution in [0.25, 0.3) is 0 Å². The zero-order valence-corrected chi connectivity index (χ0v) is 16.1. The number of likely N-dealkylation sites (tertiary alicyclic amines) is 1. The van der Waals surface area contributed by atoms with Gasteiger partial charge in [-0.2, -0.15) is 0 Å². The first-order valence-corrected chi connectivity index (χ1v) is 8.79. The van der Waals surface area contributed by atoms with Crippen molar-refractivity contribution in [3.63, 3.8) is 0 Å². The highest BCUT2D eigenvalue weighted by Crippen LogP contribution is 2.32. The van der Waals surface area contributed by atoms with Crippen molar-refractivity contribution >= 4 is 41.5 Å². The Morgan fingerprint density at radius 1 is 1.28 bits per heavy atom. The smallest absolute Gasteiger partial charge is 0.239 e. The van der Waals surface area contributed by atoms with E-state index < -0.39 is 5.92 Å². The third-order valence-corrected chi connectivity index (χ3v) is 5.48. The highest BCUT2D eigenvalue weighted by atomic mass is 35.5. The molecule has 0 saturated carbocycles. The van der Waals surface area contributed by atoms with E-state index in [1.54, 1.807) is 17.0 Å². The van der Waals surface area contributed by atoms with Gasteiger partial charge in [0.25, 0.3) is 0 Å². The molecule has 2 aliphatic heterocycles. The molecule has 0 aromatic heterocycles.